The van der Waals surface area contributed by atoms with Gasteiger partial charge in [0.25, 0.3) is 0 Å². The zero-order chi connectivity index (χ0) is 12.0. The monoisotopic (exact) mass is 228 g/mol. The summed E-state index contributed by atoms with van der Waals surface area (Å²) in [4.78, 5) is 12.9. The second-order valence-electron chi connectivity index (χ2n) is 4.81. The first-order chi connectivity index (χ1) is 7.59. The highest BCUT2D eigenvalue weighted by molar-refractivity contribution is 5.75. The number of rotatable bonds is 7. The molecule has 0 atom stereocenters. The molecule has 0 aromatic rings. The van der Waals surface area contributed by atoms with Crippen molar-refractivity contribution in [1.29, 1.82) is 0 Å². The number of methoxy groups -OCH3 is 1. The van der Waals surface area contributed by atoms with Gasteiger partial charge in [-0.15, -0.1) is 0 Å². The molecule has 0 bridgehead atoms. The summed E-state index contributed by atoms with van der Waals surface area (Å²) in [5, 5.41) is 3.38. The fourth-order valence-corrected chi connectivity index (χ4v) is 1.93. The van der Waals surface area contributed by atoms with Gasteiger partial charge in [0, 0.05) is 34.2 Å². The second kappa shape index (κ2) is 6.21. The van der Waals surface area contributed by atoms with E-state index in [1.54, 1.807) is 26.1 Å². The molecule has 1 saturated carbocycles. The summed E-state index contributed by atoms with van der Waals surface area (Å²) in [7, 11) is 5.38. The molecule has 1 fully saturated rings. The standard InChI is InChI=1S/C12H24N2O2/c1-14(2)11(15)6-4-9-13-10-12(16-3)7-5-8-12/h13H,4-10H2,1-3H3. The Kier molecular flexibility index (Phi) is 5.22. The van der Waals surface area contributed by atoms with E-state index in [4.69, 9.17) is 4.74 Å². The molecule has 1 aliphatic carbocycles. The Labute approximate surface area is 98.3 Å². The van der Waals surface area contributed by atoms with Crippen molar-refractivity contribution >= 4 is 5.91 Å². The average Bonchev–Trinajstić information content (AvgIpc) is 2.20. The van der Waals surface area contributed by atoms with Crippen molar-refractivity contribution < 1.29 is 9.53 Å². The normalized spacial score (nSPS) is 17.9. The van der Waals surface area contributed by atoms with Gasteiger partial charge in [0.05, 0.1) is 5.60 Å². The quantitative estimate of drug-likeness (QED) is 0.661. The van der Waals surface area contributed by atoms with Crippen molar-refractivity contribution in [3.63, 3.8) is 0 Å². The summed E-state index contributed by atoms with van der Waals surface area (Å²) in [6.07, 6.45) is 5.12. The number of carbonyl (C=O) groups excluding carboxylic acids is 1. The zero-order valence-electron chi connectivity index (χ0n) is 10.7. The molecule has 16 heavy (non-hydrogen) atoms. The number of nitrogens with zero attached hydrogens (tertiary/aromatic N) is 1. The van der Waals surface area contributed by atoms with Gasteiger partial charge in [0.1, 0.15) is 0 Å². The lowest BCUT2D eigenvalue weighted by Crippen LogP contribution is -2.48. The van der Waals surface area contributed by atoms with Crippen LogP contribution in [0, 0.1) is 0 Å². The Bertz CT molecular complexity index is 220. The van der Waals surface area contributed by atoms with Crippen molar-refractivity contribution in [2.24, 2.45) is 0 Å². The summed E-state index contributed by atoms with van der Waals surface area (Å²) in [5.41, 5.74) is 0.0888. The highest BCUT2D eigenvalue weighted by atomic mass is 16.5. The summed E-state index contributed by atoms with van der Waals surface area (Å²) in [5.74, 6) is 0.201. The molecule has 1 N–H and O–H groups in total. The molecule has 4 heteroatoms. The van der Waals surface area contributed by atoms with E-state index in [1.807, 2.05) is 0 Å². The van der Waals surface area contributed by atoms with Crippen LogP contribution >= 0.6 is 0 Å². The lowest BCUT2D eigenvalue weighted by atomic mass is 9.80. The maximum absolute atomic E-state index is 11.3. The smallest absolute Gasteiger partial charge is 0.222 e. The highest BCUT2D eigenvalue weighted by Gasteiger charge is 2.36. The first kappa shape index (κ1) is 13.5. The summed E-state index contributed by atoms with van der Waals surface area (Å²) in [6, 6.07) is 0. The van der Waals surface area contributed by atoms with E-state index in [-0.39, 0.29) is 11.5 Å². The molecule has 94 valence electrons. The molecular weight excluding hydrogens is 204 g/mol. The van der Waals surface area contributed by atoms with Gasteiger partial charge in [-0.25, -0.2) is 0 Å². The van der Waals surface area contributed by atoms with Gasteiger partial charge < -0.3 is 15.0 Å². The predicted octanol–water partition coefficient (Wildman–Crippen LogP) is 1.01. The van der Waals surface area contributed by atoms with Crippen LogP contribution in [0.2, 0.25) is 0 Å². The number of ether oxygens (including phenoxy) is 1. The lowest BCUT2D eigenvalue weighted by molar-refractivity contribution is -0.128. The number of amides is 1. The molecule has 0 aliphatic heterocycles. The first-order valence-corrected chi connectivity index (χ1v) is 6.06. The molecule has 0 saturated heterocycles. The third-order valence-electron chi connectivity index (χ3n) is 3.39. The molecule has 0 heterocycles. The van der Waals surface area contributed by atoms with Crippen LogP contribution in [0.1, 0.15) is 32.1 Å². The van der Waals surface area contributed by atoms with E-state index in [1.165, 1.54) is 6.42 Å². The molecular formula is C12H24N2O2. The molecule has 0 radical (unpaired) electrons. The zero-order valence-corrected chi connectivity index (χ0v) is 10.7. The van der Waals surface area contributed by atoms with Gasteiger partial charge in [-0.1, -0.05) is 0 Å². The van der Waals surface area contributed by atoms with E-state index >= 15 is 0 Å². The van der Waals surface area contributed by atoms with E-state index in [2.05, 4.69) is 5.32 Å². The third-order valence-corrected chi connectivity index (χ3v) is 3.39. The van der Waals surface area contributed by atoms with Gasteiger partial charge >= 0.3 is 0 Å². The van der Waals surface area contributed by atoms with Crippen molar-refractivity contribution in [2.45, 2.75) is 37.7 Å². The van der Waals surface area contributed by atoms with Gasteiger partial charge in [-0.05, 0) is 32.2 Å². The summed E-state index contributed by atoms with van der Waals surface area (Å²) in [6.45, 7) is 1.81. The number of nitrogens with one attached hydrogen (secondary N) is 1. The molecule has 0 aromatic heterocycles. The Balaban J connectivity index is 2.01. The number of carbonyl (C=O) groups is 1. The molecule has 1 aliphatic rings. The lowest BCUT2D eigenvalue weighted by Gasteiger charge is -2.40. The third kappa shape index (κ3) is 3.76. The van der Waals surface area contributed by atoms with Gasteiger partial charge in [-0.3, -0.25) is 4.79 Å². The molecule has 0 unspecified atom stereocenters. The minimum Gasteiger partial charge on any atom is -0.377 e. The molecule has 1 rings (SSSR count). The van der Waals surface area contributed by atoms with Crippen LogP contribution in [0.3, 0.4) is 0 Å². The summed E-state index contributed by atoms with van der Waals surface area (Å²) >= 11 is 0. The maximum atomic E-state index is 11.3. The van der Waals surface area contributed by atoms with Crippen molar-refractivity contribution in [3.05, 3.63) is 0 Å². The van der Waals surface area contributed by atoms with Gasteiger partial charge in [0.2, 0.25) is 5.91 Å². The predicted molar refractivity (Wildman–Crippen MR) is 64.4 cm³/mol. The van der Waals surface area contributed by atoms with Crippen LogP contribution in [0.15, 0.2) is 0 Å². The number of hydrogen-bond acceptors (Lipinski definition) is 3. The molecule has 0 spiro atoms. The van der Waals surface area contributed by atoms with Crippen molar-refractivity contribution in [2.75, 3.05) is 34.3 Å². The fourth-order valence-electron chi connectivity index (χ4n) is 1.93. The topological polar surface area (TPSA) is 41.6 Å². The first-order valence-electron chi connectivity index (χ1n) is 6.06. The molecule has 0 aromatic carbocycles. The number of hydrogen-bond donors (Lipinski definition) is 1. The van der Waals surface area contributed by atoms with Crippen LogP contribution in [-0.2, 0) is 9.53 Å². The Morgan fingerprint density at radius 2 is 2.12 bits per heavy atom. The second-order valence-corrected chi connectivity index (χ2v) is 4.81. The van der Waals surface area contributed by atoms with Crippen LogP contribution < -0.4 is 5.32 Å². The van der Waals surface area contributed by atoms with Crippen LogP contribution in [-0.4, -0.2) is 50.7 Å². The molecule has 1 amide bonds. The van der Waals surface area contributed by atoms with Crippen LogP contribution in [0.4, 0.5) is 0 Å². The SMILES string of the molecule is COC1(CNCCCC(=O)N(C)C)CCC1. The van der Waals surface area contributed by atoms with E-state index in [9.17, 15) is 4.79 Å². The average molecular weight is 228 g/mol. The van der Waals surface area contributed by atoms with E-state index in [0.717, 1.165) is 32.4 Å². The van der Waals surface area contributed by atoms with Crippen molar-refractivity contribution in [3.8, 4) is 0 Å². The van der Waals surface area contributed by atoms with Crippen molar-refractivity contribution in [1.82, 2.24) is 10.2 Å². The minimum absolute atomic E-state index is 0.0888. The molecule has 4 nitrogen and oxygen atoms in total. The highest BCUT2D eigenvalue weighted by Crippen LogP contribution is 2.34. The Morgan fingerprint density at radius 1 is 1.44 bits per heavy atom. The largest absolute Gasteiger partial charge is 0.377 e. The maximum Gasteiger partial charge on any atom is 0.222 e. The van der Waals surface area contributed by atoms with Crippen LogP contribution in [0.25, 0.3) is 0 Å². The van der Waals surface area contributed by atoms with E-state index in [0.29, 0.717) is 6.42 Å². The van der Waals surface area contributed by atoms with Crippen LogP contribution in [0.5, 0.6) is 0 Å². The van der Waals surface area contributed by atoms with Gasteiger partial charge in [-0.2, -0.15) is 0 Å². The Morgan fingerprint density at radius 3 is 2.56 bits per heavy atom. The fraction of sp³-hybridized carbons (Fsp3) is 0.917. The van der Waals surface area contributed by atoms with Gasteiger partial charge in [0.15, 0.2) is 0 Å². The Hall–Kier alpha value is -0.610. The summed E-state index contributed by atoms with van der Waals surface area (Å²) < 4.78 is 5.50. The minimum atomic E-state index is 0.0888. The van der Waals surface area contributed by atoms with E-state index < -0.39 is 0 Å².